The first-order valence-corrected chi connectivity index (χ1v) is 15.5. The highest BCUT2D eigenvalue weighted by molar-refractivity contribution is 6.03. The number of nitrogens with zero attached hydrogens (tertiary/aromatic N) is 2. The molecule has 5 aromatic rings. The Bertz CT molecular complexity index is 1940. The molecule has 0 saturated carbocycles. The number of H-pyrrole nitrogens is 1. The molecule has 2 aromatic heterocycles. The maximum Gasteiger partial charge on any atom is 0.257 e. The third kappa shape index (κ3) is 5.44. The second-order valence-electron chi connectivity index (χ2n) is 11.7. The van der Waals surface area contributed by atoms with Crippen LogP contribution in [0.2, 0.25) is 0 Å². The molecule has 0 spiro atoms. The summed E-state index contributed by atoms with van der Waals surface area (Å²) in [5.41, 5.74) is 6.48. The van der Waals surface area contributed by atoms with Gasteiger partial charge in [0.1, 0.15) is 11.6 Å². The van der Waals surface area contributed by atoms with Gasteiger partial charge in [-0.15, -0.1) is 0 Å². The van der Waals surface area contributed by atoms with Gasteiger partial charge in [-0.1, -0.05) is 30.3 Å². The zero-order valence-electron chi connectivity index (χ0n) is 25.5. The Morgan fingerprint density at radius 1 is 1.04 bits per heavy atom. The standard InChI is InChI=1S/C36H35FN4O5/c1-45-33-17-22-9-10-41-32(28(22)18-29(33)36(44)40-11-13-46-14-12-40)19-30(34(41)23-5-4-6-25(37)15-23)35(43)39-26(21-42)16-24-20-38-31-8-3-2-7-27(24)31/h2-8,15,17-20,26,38,42H,9-14,16,21H2,1H3,(H,39,43). The quantitative estimate of drug-likeness (QED) is 0.230. The average Bonchev–Trinajstić information content (AvgIpc) is 3.69. The zero-order chi connectivity index (χ0) is 31.8. The van der Waals surface area contributed by atoms with Crippen molar-refractivity contribution in [2.45, 2.75) is 25.4 Å². The first-order chi connectivity index (χ1) is 22.4. The fourth-order valence-corrected chi connectivity index (χ4v) is 6.69. The van der Waals surface area contributed by atoms with Gasteiger partial charge in [-0.2, -0.15) is 0 Å². The molecule has 2 aliphatic heterocycles. The first-order valence-electron chi connectivity index (χ1n) is 15.5. The number of methoxy groups -OCH3 is 1. The van der Waals surface area contributed by atoms with Crippen LogP contribution in [0.4, 0.5) is 4.39 Å². The minimum atomic E-state index is -0.557. The van der Waals surface area contributed by atoms with Crippen LogP contribution in [0.3, 0.4) is 0 Å². The number of ether oxygens (including phenoxy) is 2. The average molecular weight is 623 g/mol. The second kappa shape index (κ2) is 12.5. The molecule has 2 amide bonds. The highest BCUT2D eigenvalue weighted by Crippen LogP contribution is 2.41. The lowest BCUT2D eigenvalue weighted by atomic mass is 9.94. The van der Waals surface area contributed by atoms with Crippen molar-refractivity contribution < 1.29 is 28.6 Å². The predicted octanol–water partition coefficient (Wildman–Crippen LogP) is 4.81. The van der Waals surface area contributed by atoms with Gasteiger partial charge < -0.3 is 34.3 Å². The number of halogens is 1. The Morgan fingerprint density at radius 3 is 2.65 bits per heavy atom. The van der Waals surface area contributed by atoms with E-state index in [1.807, 2.05) is 53.2 Å². The third-order valence-electron chi connectivity index (χ3n) is 8.97. The number of fused-ring (bicyclic) bond motifs is 4. The SMILES string of the molecule is COc1cc2c(cc1C(=O)N1CCOCC1)-c1cc(C(=O)NC(CO)Cc3c[nH]c4ccccc34)c(-c3cccc(F)c3)n1CC2. The number of carbonyl (C=O) groups is 2. The predicted molar refractivity (Wildman–Crippen MR) is 173 cm³/mol. The van der Waals surface area contributed by atoms with E-state index >= 15 is 0 Å². The number of hydrogen-bond donors (Lipinski definition) is 3. The van der Waals surface area contributed by atoms with Crippen molar-refractivity contribution in [2.24, 2.45) is 0 Å². The molecule has 1 atom stereocenters. The topological polar surface area (TPSA) is 109 Å². The van der Waals surface area contributed by atoms with Crippen LogP contribution in [-0.2, 0) is 24.1 Å². The third-order valence-corrected chi connectivity index (χ3v) is 8.97. The van der Waals surface area contributed by atoms with Gasteiger partial charge >= 0.3 is 0 Å². The Kier molecular flexibility index (Phi) is 8.06. The first kappa shape index (κ1) is 29.8. The van der Waals surface area contributed by atoms with Crippen LogP contribution >= 0.6 is 0 Å². The van der Waals surface area contributed by atoms with E-state index in [0.717, 1.165) is 33.3 Å². The molecule has 3 aromatic carbocycles. The number of aryl methyl sites for hydroxylation is 1. The number of carbonyl (C=O) groups excluding carboxylic acids is 2. The summed E-state index contributed by atoms with van der Waals surface area (Å²) in [6, 6.07) is 19.1. The molecule has 2 aliphatic rings. The molecular formula is C36H35FN4O5. The lowest BCUT2D eigenvalue weighted by Crippen LogP contribution is -2.40. The van der Waals surface area contributed by atoms with Gasteiger partial charge in [-0.05, 0) is 60.4 Å². The maximum absolute atomic E-state index is 14.6. The number of aliphatic hydroxyl groups excluding tert-OH is 1. The van der Waals surface area contributed by atoms with E-state index in [4.69, 9.17) is 9.47 Å². The smallest absolute Gasteiger partial charge is 0.257 e. The lowest BCUT2D eigenvalue weighted by Gasteiger charge is -2.28. The highest BCUT2D eigenvalue weighted by atomic mass is 19.1. The number of morpholine rings is 1. The molecule has 0 aliphatic carbocycles. The molecule has 0 bridgehead atoms. The number of aromatic amines is 1. The minimum Gasteiger partial charge on any atom is -0.496 e. The fraction of sp³-hybridized carbons (Fsp3) is 0.278. The molecule has 1 unspecified atom stereocenters. The summed E-state index contributed by atoms with van der Waals surface area (Å²) in [6.45, 7) is 2.23. The second-order valence-corrected chi connectivity index (χ2v) is 11.7. The van der Waals surface area contributed by atoms with Crippen molar-refractivity contribution in [2.75, 3.05) is 40.0 Å². The van der Waals surface area contributed by atoms with E-state index in [1.165, 1.54) is 12.1 Å². The Labute approximate surface area is 265 Å². The Balaban J connectivity index is 1.28. The van der Waals surface area contributed by atoms with Crippen LogP contribution in [0, 0.1) is 5.82 Å². The Hall–Kier alpha value is -4.93. The van der Waals surface area contributed by atoms with Crippen molar-refractivity contribution in [3.05, 3.63) is 101 Å². The van der Waals surface area contributed by atoms with E-state index in [-0.39, 0.29) is 18.4 Å². The highest BCUT2D eigenvalue weighted by Gasteiger charge is 2.30. The lowest BCUT2D eigenvalue weighted by molar-refractivity contribution is 0.0301. The fourth-order valence-electron chi connectivity index (χ4n) is 6.69. The molecule has 46 heavy (non-hydrogen) atoms. The van der Waals surface area contributed by atoms with Gasteiger partial charge in [0, 0.05) is 53.6 Å². The summed E-state index contributed by atoms with van der Waals surface area (Å²) in [7, 11) is 1.56. The molecule has 3 N–H and O–H groups in total. The van der Waals surface area contributed by atoms with Crippen LogP contribution in [0.25, 0.3) is 33.4 Å². The van der Waals surface area contributed by atoms with Crippen LogP contribution in [0.1, 0.15) is 31.8 Å². The minimum absolute atomic E-state index is 0.141. The number of benzene rings is 3. The number of amides is 2. The zero-order valence-corrected chi connectivity index (χ0v) is 25.5. The summed E-state index contributed by atoms with van der Waals surface area (Å²) >= 11 is 0. The molecule has 1 saturated heterocycles. The normalized spacial score (nSPS) is 14.9. The summed E-state index contributed by atoms with van der Waals surface area (Å²) < 4.78 is 27.7. The summed E-state index contributed by atoms with van der Waals surface area (Å²) in [5.74, 6) is -0.425. The van der Waals surface area contributed by atoms with Crippen LogP contribution in [0.5, 0.6) is 5.75 Å². The number of aromatic nitrogens is 2. The van der Waals surface area contributed by atoms with Gasteiger partial charge in [-0.3, -0.25) is 9.59 Å². The van der Waals surface area contributed by atoms with E-state index in [1.54, 1.807) is 24.1 Å². The van der Waals surface area contributed by atoms with E-state index in [0.29, 0.717) is 73.8 Å². The molecule has 4 heterocycles. The van der Waals surface area contributed by atoms with Gasteiger partial charge in [0.05, 0.1) is 49.8 Å². The summed E-state index contributed by atoms with van der Waals surface area (Å²) in [4.78, 5) is 32.7. The largest absolute Gasteiger partial charge is 0.496 e. The van der Waals surface area contributed by atoms with Gasteiger partial charge in [0.25, 0.3) is 11.8 Å². The molecular weight excluding hydrogens is 587 g/mol. The molecule has 10 heteroatoms. The Morgan fingerprint density at radius 2 is 1.87 bits per heavy atom. The van der Waals surface area contributed by atoms with Gasteiger partial charge in [0.2, 0.25) is 0 Å². The molecule has 1 fully saturated rings. The van der Waals surface area contributed by atoms with Gasteiger partial charge in [-0.25, -0.2) is 4.39 Å². The molecule has 9 nitrogen and oxygen atoms in total. The van der Waals surface area contributed by atoms with Crippen LogP contribution in [-0.4, -0.2) is 77.4 Å². The van der Waals surface area contributed by atoms with Crippen molar-refractivity contribution in [3.8, 4) is 28.3 Å². The number of nitrogens with one attached hydrogen (secondary N) is 2. The van der Waals surface area contributed by atoms with Crippen molar-refractivity contribution >= 4 is 22.7 Å². The van der Waals surface area contributed by atoms with Crippen LogP contribution < -0.4 is 10.1 Å². The number of aliphatic hydroxyl groups is 1. The van der Waals surface area contributed by atoms with E-state index in [9.17, 15) is 19.1 Å². The van der Waals surface area contributed by atoms with Crippen molar-refractivity contribution in [3.63, 3.8) is 0 Å². The molecule has 0 radical (unpaired) electrons. The van der Waals surface area contributed by atoms with Crippen molar-refractivity contribution in [1.82, 2.24) is 19.8 Å². The number of para-hydroxylation sites is 1. The molecule has 236 valence electrons. The van der Waals surface area contributed by atoms with Gasteiger partial charge in [0.15, 0.2) is 0 Å². The number of hydrogen-bond acceptors (Lipinski definition) is 5. The summed E-state index contributed by atoms with van der Waals surface area (Å²) in [5, 5.41) is 14.4. The monoisotopic (exact) mass is 622 g/mol. The summed E-state index contributed by atoms with van der Waals surface area (Å²) in [6.07, 6.45) is 2.95. The number of rotatable bonds is 8. The molecule has 7 rings (SSSR count). The maximum atomic E-state index is 14.6. The van der Waals surface area contributed by atoms with E-state index < -0.39 is 11.9 Å². The van der Waals surface area contributed by atoms with Crippen molar-refractivity contribution in [1.29, 1.82) is 0 Å². The van der Waals surface area contributed by atoms with Crippen LogP contribution in [0.15, 0.2) is 72.9 Å². The van der Waals surface area contributed by atoms with E-state index in [2.05, 4.69) is 10.3 Å².